The molecule has 0 unspecified atom stereocenters. The third kappa shape index (κ3) is 1.64. The summed E-state index contributed by atoms with van der Waals surface area (Å²) in [5, 5.41) is 0.780. The van der Waals surface area contributed by atoms with Crippen LogP contribution in [0.15, 0.2) is 12.4 Å². The Hall–Kier alpha value is -0.600. The lowest BCUT2D eigenvalue weighted by Gasteiger charge is -2.21. The van der Waals surface area contributed by atoms with E-state index in [4.69, 9.17) is 11.6 Å². The van der Waals surface area contributed by atoms with Gasteiger partial charge in [-0.2, -0.15) is 0 Å². The number of nitrogens with zero attached hydrogens (tertiary/aromatic N) is 2. The van der Waals surface area contributed by atoms with Gasteiger partial charge in [0, 0.05) is 18.4 Å². The SMILES string of the molecule is Cc1c(Cl)cncc1[C@@H]1CCCN1C. The standard InChI is InChI=1S/C11H15ClN2/c1-8-9(6-13-7-10(8)12)11-4-3-5-14(11)2/h6-7,11H,3-5H2,1-2H3/t11-/m0/s1. The molecule has 0 radical (unpaired) electrons. The van der Waals surface area contributed by atoms with Gasteiger partial charge in [-0.05, 0) is 44.5 Å². The summed E-state index contributed by atoms with van der Waals surface area (Å²) in [5.74, 6) is 0. The fourth-order valence-corrected chi connectivity index (χ4v) is 2.32. The Morgan fingerprint density at radius 3 is 2.93 bits per heavy atom. The van der Waals surface area contributed by atoms with E-state index in [0.717, 1.165) is 5.02 Å². The third-order valence-electron chi connectivity index (χ3n) is 3.07. The van der Waals surface area contributed by atoms with Crippen LogP contribution in [0.1, 0.15) is 30.0 Å². The summed E-state index contributed by atoms with van der Waals surface area (Å²) in [6.07, 6.45) is 6.16. The third-order valence-corrected chi connectivity index (χ3v) is 3.45. The highest BCUT2D eigenvalue weighted by Gasteiger charge is 2.24. The molecule has 1 saturated heterocycles. The van der Waals surface area contributed by atoms with E-state index in [1.54, 1.807) is 6.20 Å². The second-order valence-corrected chi connectivity index (χ2v) is 4.38. The van der Waals surface area contributed by atoms with Crippen molar-refractivity contribution >= 4 is 11.6 Å². The molecule has 0 spiro atoms. The zero-order valence-electron chi connectivity index (χ0n) is 8.63. The summed E-state index contributed by atoms with van der Waals surface area (Å²) in [4.78, 5) is 6.54. The first kappa shape index (κ1) is 9.94. The van der Waals surface area contributed by atoms with Crippen molar-refractivity contribution in [2.75, 3.05) is 13.6 Å². The molecule has 2 heterocycles. The molecule has 0 aliphatic carbocycles. The van der Waals surface area contributed by atoms with E-state index in [2.05, 4.69) is 23.9 Å². The Morgan fingerprint density at radius 2 is 2.29 bits per heavy atom. The quantitative estimate of drug-likeness (QED) is 0.709. The van der Waals surface area contributed by atoms with E-state index in [0.29, 0.717) is 6.04 Å². The molecule has 0 bridgehead atoms. The first-order valence-electron chi connectivity index (χ1n) is 5.00. The highest BCUT2D eigenvalue weighted by atomic mass is 35.5. The van der Waals surface area contributed by atoms with Crippen LogP contribution in [-0.4, -0.2) is 23.5 Å². The smallest absolute Gasteiger partial charge is 0.0621 e. The molecule has 1 fully saturated rings. The molecule has 1 atom stereocenters. The Kier molecular flexibility index (Phi) is 2.75. The second kappa shape index (κ2) is 3.87. The van der Waals surface area contributed by atoms with Gasteiger partial charge in [0.25, 0.3) is 0 Å². The summed E-state index contributed by atoms with van der Waals surface area (Å²) in [5.41, 5.74) is 2.47. The van der Waals surface area contributed by atoms with Gasteiger partial charge < -0.3 is 0 Å². The molecule has 76 valence electrons. The first-order chi connectivity index (χ1) is 6.70. The van der Waals surface area contributed by atoms with E-state index in [1.165, 1.54) is 30.5 Å². The predicted molar refractivity (Wildman–Crippen MR) is 58.6 cm³/mol. The molecule has 0 N–H and O–H groups in total. The second-order valence-electron chi connectivity index (χ2n) is 3.97. The fourth-order valence-electron chi connectivity index (χ4n) is 2.15. The Labute approximate surface area is 89.9 Å². The van der Waals surface area contributed by atoms with E-state index >= 15 is 0 Å². The van der Waals surface area contributed by atoms with Crippen LogP contribution in [0, 0.1) is 6.92 Å². The largest absolute Gasteiger partial charge is 0.299 e. The van der Waals surface area contributed by atoms with Crippen LogP contribution in [0.5, 0.6) is 0 Å². The lowest BCUT2D eigenvalue weighted by molar-refractivity contribution is 0.316. The van der Waals surface area contributed by atoms with E-state index in [1.807, 2.05) is 6.20 Å². The Morgan fingerprint density at radius 1 is 1.50 bits per heavy atom. The molecule has 1 aliphatic heterocycles. The zero-order valence-corrected chi connectivity index (χ0v) is 9.38. The molecule has 1 aromatic rings. The van der Waals surface area contributed by atoms with Crippen molar-refractivity contribution in [3.05, 3.63) is 28.5 Å². The van der Waals surface area contributed by atoms with Crippen molar-refractivity contribution in [2.24, 2.45) is 0 Å². The minimum Gasteiger partial charge on any atom is -0.299 e. The van der Waals surface area contributed by atoms with Crippen LogP contribution in [-0.2, 0) is 0 Å². The van der Waals surface area contributed by atoms with Gasteiger partial charge in [-0.25, -0.2) is 0 Å². The van der Waals surface area contributed by atoms with Crippen LogP contribution in [0.2, 0.25) is 5.02 Å². The summed E-state index contributed by atoms with van der Waals surface area (Å²) in [6, 6.07) is 0.515. The van der Waals surface area contributed by atoms with Gasteiger partial charge in [-0.15, -0.1) is 0 Å². The van der Waals surface area contributed by atoms with Crippen LogP contribution in [0.4, 0.5) is 0 Å². The van der Waals surface area contributed by atoms with E-state index in [-0.39, 0.29) is 0 Å². The average Bonchev–Trinajstić information content (AvgIpc) is 2.57. The molecule has 0 amide bonds. The molecular weight excluding hydrogens is 196 g/mol. The topological polar surface area (TPSA) is 16.1 Å². The molecule has 3 heteroatoms. The van der Waals surface area contributed by atoms with Gasteiger partial charge in [0.15, 0.2) is 0 Å². The lowest BCUT2D eigenvalue weighted by Crippen LogP contribution is -2.18. The van der Waals surface area contributed by atoms with Gasteiger partial charge in [-0.1, -0.05) is 11.6 Å². The first-order valence-corrected chi connectivity index (χ1v) is 5.38. The number of rotatable bonds is 1. The van der Waals surface area contributed by atoms with Crippen molar-refractivity contribution in [2.45, 2.75) is 25.8 Å². The van der Waals surface area contributed by atoms with Crippen LogP contribution < -0.4 is 0 Å². The summed E-state index contributed by atoms with van der Waals surface area (Å²) < 4.78 is 0. The molecule has 0 saturated carbocycles. The maximum atomic E-state index is 6.06. The fraction of sp³-hybridized carbons (Fsp3) is 0.545. The number of halogens is 1. The van der Waals surface area contributed by atoms with E-state index in [9.17, 15) is 0 Å². The molecule has 14 heavy (non-hydrogen) atoms. The molecule has 2 nitrogen and oxygen atoms in total. The Balaban J connectivity index is 2.36. The van der Waals surface area contributed by atoms with Gasteiger partial charge in [-0.3, -0.25) is 9.88 Å². The highest BCUT2D eigenvalue weighted by Crippen LogP contribution is 2.33. The number of hydrogen-bond acceptors (Lipinski definition) is 2. The molecule has 1 aromatic heterocycles. The van der Waals surface area contributed by atoms with Crippen molar-refractivity contribution < 1.29 is 0 Å². The monoisotopic (exact) mass is 210 g/mol. The number of likely N-dealkylation sites (tertiary alicyclic amines) is 1. The van der Waals surface area contributed by atoms with Crippen molar-refractivity contribution in [3.63, 3.8) is 0 Å². The van der Waals surface area contributed by atoms with Gasteiger partial charge >= 0.3 is 0 Å². The van der Waals surface area contributed by atoms with Gasteiger partial charge in [0.2, 0.25) is 0 Å². The minimum atomic E-state index is 0.515. The Bertz CT molecular complexity index is 338. The minimum absolute atomic E-state index is 0.515. The van der Waals surface area contributed by atoms with E-state index < -0.39 is 0 Å². The van der Waals surface area contributed by atoms with Crippen molar-refractivity contribution in [1.82, 2.24) is 9.88 Å². The van der Waals surface area contributed by atoms with Gasteiger partial charge in [0.1, 0.15) is 0 Å². The van der Waals surface area contributed by atoms with Crippen LogP contribution in [0.25, 0.3) is 0 Å². The number of pyridine rings is 1. The maximum Gasteiger partial charge on any atom is 0.0621 e. The number of aromatic nitrogens is 1. The van der Waals surface area contributed by atoms with Crippen LogP contribution in [0.3, 0.4) is 0 Å². The highest BCUT2D eigenvalue weighted by molar-refractivity contribution is 6.31. The molecule has 1 aliphatic rings. The molecule has 2 rings (SSSR count). The molecular formula is C11H15ClN2. The summed E-state index contributed by atoms with van der Waals surface area (Å²) in [7, 11) is 2.16. The van der Waals surface area contributed by atoms with Crippen LogP contribution >= 0.6 is 11.6 Å². The zero-order chi connectivity index (χ0) is 10.1. The maximum absolute atomic E-state index is 6.06. The predicted octanol–water partition coefficient (Wildman–Crippen LogP) is 2.81. The van der Waals surface area contributed by atoms with Crippen molar-refractivity contribution in [1.29, 1.82) is 0 Å². The number of hydrogen-bond donors (Lipinski definition) is 0. The summed E-state index contributed by atoms with van der Waals surface area (Å²) in [6.45, 7) is 3.25. The average molecular weight is 211 g/mol. The summed E-state index contributed by atoms with van der Waals surface area (Å²) >= 11 is 6.06. The molecule has 0 aromatic carbocycles. The van der Waals surface area contributed by atoms with Gasteiger partial charge in [0.05, 0.1) is 5.02 Å². The lowest BCUT2D eigenvalue weighted by atomic mass is 10.0. The normalized spacial score (nSPS) is 22.9. The van der Waals surface area contributed by atoms with Crippen molar-refractivity contribution in [3.8, 4) is 0 Å².